The normalized spacial score (nSPS) is 11.3. The quantitative estimate of drug-likeness (QED) is 0.101. The number of aromatic nitrogens is 4. The Morgan fingerprint density at radius 2 is 1.54 bits per heavy atom. The van der Waals surface area contributed by atoms with Crippen molar-refractivity contribution in [2.24, 2.45) is 7.05 Å². The average Bonchev–Trinajstić information content (AvgIpc) is 3.65. The minimum absolute atomic E-state index is 0.0148. The van der Waals surface area contributed by atoms with Crippen LogP contribution in [0.3, 0.4) is 0 Å². The van der Waals surface area contributed by atoms with Gasteiger partial charge in [-0.1, -0.05) is 74.5 Å². The highest BCUT2D eigenvalue weighted by molar-refractivity contribution is 5.83. The number of carbonyl (C=O) groups excluding carboxylic acids is 1. The first-order valence-corrected chi connectivity index (χ1v) is 15.9. The lowest BCUT2D eigenvalue weighted by atomic mass is 9.98. The number of fused-ring (bicyclic) bond motifs is 1. The number of carbonyl (C=O) groups is 1. The van der Waals surface area contributed by atoms with Gasteiger partial charge < -0.3 is 23.5 Å². The molecule has 0 aliphatic carbocycles. The lowest BCUT2D eigenvalue weighted by Crippen LogP contribution is -2.30. The summed E-state index contributed by atoms with van der Waals surface area (Å²) in [5.74, 6) is 1.26. The van der Waals surface area contributed by atoms with Gasteiger partial charge in [-0.15, -0.1) is 9.78 Å². The molecule has 0 aliphatic heterocycles. The van der Waals surface area contributed by atoms with E-state index < -0.39 is 11.8 Å². The molecule has 0 aliphatic rings. The van der Waals surface area contributed by atoms with Gasteiger partial charge in [0.1, 0.15) is 24.7 Å². The number of hydrogen-bond acceptors (Lipinski definition) is 7. The van der Waals surface area contributed by atoms with Gasteiger partial charge in [-0.25, -0.2) is 14.2 Å². The van der Waals surface area contributed by atoms with Crippen LogP contribution in [0.2, 0.25) is 0 Å². The van der Waals surface area contributed by atoms with Gasteiger partial charge in [0.05, 0.1) is 11.3 Å². The Kier molecular flexibility index (Phi) is 9.73. The molecule has 48 heavy (non-hydrogen) atoms. The average molecular weight is 647 g/mol. The first-order valence-electron chi connectivity index (χ1n) is 15.9. The maximum Gasteiger partial charge on any atom is 0.439 e. The summed E-state index contributed by atoms with van der Waals surface area (Å²) in [6, 6.07) is 30.4. The smallest absolute Gasteiger partial charge is 0.439 e. The summed E-state index contributed by atoms with van der Waals surface area (Å²) in [5, 5.41) is 5.54. The van der Waals surface area contributed by atoms with E-state index >= 15 is 0 Å². The minimum atomic E-state index is -0.892. The molecule has 0 unspecified atom stereocenters. The van der Waals surface area contributed by atoms with E-state index in [1.54, 1.807) is 6.07 Å². The first-order chi connectivity index (χ1) is 23.3. The maximum atomic E-state index is 14.2. The zero-order valence-corrected chi connectivity index (χ0v) is 27.5. The number of nitrogens with zero attached hydrogens (tertiary/aromatic N) is 4. The Hall–Kier alpha value is -5.61. The van der Waals surface area contributed by atoms with Crippen LogP contribution in [0.15, 0.2) is 108 Å². The van der Waals surface area contributed by atoms with Crippen LogP contribution in [0.1, 0.15) is 43.4 Å². The summed E-state index contributed by atoms with van der Waals surface area (Å²) in [5.41, 5.74) is 3.97. The molecule has 0 bridgehead atoms. The fraction of sp³-hybridized carbons (Fsp3) is 0.237. The van der Waals surface area contributed by atoms with Gasteiger partial charge in [0.25, 0.3) is 0 Å². The Bertz CT molecular complexity index is 2080. The molecular formula is C38H38N4O6. The van der Waals surface area contributed by atoms with E-state index in [1.165, 1.54) is 4.57 Å². The zero-order valence-electron chi connectivity index (χ0n) is 27.5. The van der Waals surface area contributed by atoms with Crippen LogP contribution >= 0.6 is 0 Å². The Morgan fingerprint density at radius 1 is 0.833 bits per heavy atom. The van der Waals surface area contributed by atoms with Crippen LogP contribution in [-0.2, 0) is 29.7 Å². The second kappa shape index (κ2) is 14.4. The van der Waals surface area contributed by atoms with E-state index in [0.29, 0.717) is 29.4 Å². The molecule has 2 aromatic heterocycles. The van der Waals surface area contributed by atoms with Gasteiger partial charge in [-0.3, -0.25) is 0 Å². The summed E-state index contributed by atoms with van der Waals surface area (Å²) < 4.78 is 27.7. The number of rotatable bonds is 12. The molecule has 2 heterocycles. The van der Waals surface area contributed by atoms with Crippen molar-refractivity contribution in [2.45, 2.75) is 39.9 Å². The van der Waals surface area contributed by atoms with E-state index in [4.69, 9.17) is 18.9 Å². The Labute approximate surface area is 278 Å². The third kappa shape index (κ3) is 6.89. The molecule has 4 aromatic carbocycles. The van der Waals surface area contributed by atoms with Crippen molar-refractivity contribution < 1.29 is 23.7 Å². The van der Waals surface area contributed by atoms with Crippen molar-refractivity contribution in [3.8, 4) is 28.6 Å². The second-order valence-corrected chi connectivity index (χ2v) is 11.6. The topological polar surface area (TPSA) is 98.7 Å². The van der Waals surface area contributed by atoms with E-state index in [9.17, 15) is 9.59 Å². The SMILES string of the molecule is CCOCOc1cc(OCc2ccccc2)c(-c2nn(C(=O)OCc3ccccc3)c(=O)n2-c2ccc3c(ccn3C)c2)cc1C(C)C. The van der Waals surface area contributed by atoms with Crippen molar-refractivity contribution in [1.29, 1.82) is 0 Å². The predicted octanol–water partition coefficient (Wildman–Crippen LogP) is 7.45. The molecule has 0 N–H and O–H groups in total. The monoisotopic (exact) mass is 646 g/mol. The van der Waals surface area contributed by atoms with Crippen molar-refractivity contribution in [3.05, 3.63) is 130 Å². The summed E-state index contributed by atoms with van der Waals surface area (Å²) in [7, 11) is 1.96. The molecule has 246 valence electrons. The highest BCUT2D eigenvalue weighted by atomic mass is 16.7. The van der Waals surface area contributed by atoms with Crippen molar-refractivity contribution in [2.75, 3.05) is 13.4 Å². The number of ether oxygens (including phenoxy) is 4. The summed E-state index contributed by atoms with van der Waals surface area (Å²) in [4.78, 5) is 27.6. The maximum absolute atomic E-state index is 14.2. The number of benzene rings is 4. The van der Waals surface area contributed by atoms with Gasteiger partial charge >= 0.3 is 11.8 Å². The van der Waals surface area contributed by atoms with E-state index in [2.05, 4.69) is 5.10 Å². The van der Waals surface area contributed by atoms with Crippen LogP contribution in [0, 0.1) is 0 Å². The predicted molar refractivity (Wildman–Crippen MR) is 184 cm³/mol. The van der Waals surface area contributed by atoms with Crippen molar-refractivity contribution >= 4 is 17.0 Å². The Balaban J connectivity index is 1.52. The van der Waals surface area contributed by atoms with Crippen LogP contribution in [-0.4, -0.2) is 38.4 Å². The third-order valence-corrected chi connectivity index (χ3v) is 8.00. The summed E-state index contributed by atoms with van der Waals surface area (Å²) in [6.07, 6.45) is 1.06. The fourth-order valence-electron chi connectivity index (χ4n) is 5.45. The Morgan fingerprint density at radius 3 is 2.23 bits per heavy atom. The van der Waals surface area contributed by atoms with Crippen LogP contribution in [0.4, 0.5) is 4.79 Å². The number of hydrogen-bond donors (Lipinski definition) is 0. The summed E-state index contributed by atoms with van der Waals surface area (Å²) >= 11 is 0. The molecule has 0 atom stereocenters. The molecule has 0 radical (unpaired) electrons. The van der Waals surface area contributed by atoms with Gasteiger partial charge in [0, 0.05) is 36.8 Å². The molecule has 0 spiro atoms. The lowest BCUT2D eigenvalue weighted by molar-refractivity contribution is 0.0216. The lowest BCUT2D eigenvalue weighted by Gasteiger charge is -2.19. The summed E-state index contributed by atoms with van der Waals surface area (Å²) in [6.45, 7) is 6.80. The van der Waals surface area contributed by atoms with Crippen molar-refractivity contribution in [3.63, 3.8) is 0 Å². The molecular weight excluding hydrogens is 608 g/mol. The minimum Gasteiger partial charge on any atom is -0.488 e. The van der Waals surface area contributed by atoms with Crippen LogP contribution in [0.25, 0.3) is 28.0 Å². The molecule has 0 amide bonds. The highest BCUT2D eigenvalue weighted by Gasteiger charge is 2.26. The van der Waals surface area contributed by atoms with E-state index in [1.807, 2.05) is 130 Å². The van der Waals surface area contributed by atoms with Crippen molar-refractivity contribution in [1.82, 2.24) is 18.9 Å². The molecule has 6 rings (SSSR count). The fourth-order valence-corrected chi connectivity index (χ4v) is 5.45. The molecule has 0 saturated carbocycles. The van der Waals surface area contributed by atoms with Gasteiger partial charge in [-0.2, -0.15) is 0 Å². The third-order valence-electron chi connectivity index (χ3n) is 8.00. The molecule has 10 nitrogen and oxygen atoms in total. The van der Waals surface area contributed by atoms with E-state index in [0.717, 1.165) is 32.3 Å². The highest BCUT2D eigenvalue weighted by Crippen LogP contribution is 2.39. The largest absolute Gasteiger partial charge is 0.488 e. The van der Waals surface area contributed by atoms with Crippen LogP contribution in [0.5, 0.6) is 11.5 Å². The number of aryl methyl sites for hydroxylation is 1. The molecule has 10 heteroatoms. The van der Waals surface area contributed by atoms with Crippen LogP contribution < -0.4 is 15.2 Å². The zero-order chi connectivity index (χ0) is 33.6. The molecule has 0 fully saturated rings. The van der Waals surface area contributed by atoms with Gasteiger partial charge in [0.2, 0.25) is 0 Å². The van der Waals surface area contributed by atoms with E-state index in [-0.39, 0.29) is 31.7 Å². The molecule has 0 saturated heterocycles. The van der Waals surface area contributed by atoms with Gasteiger partial charge in [-0.05, 0) is 59.9 Å². The second-order valence-electron chi connectivity index (χ2n) is 11.6. The first kappa shape index (κ1) is 32.3. The van der Waals surface area contributed by atoms with Gasteiger partial charge in [0.15, 0.2) is 12.6 Å². The molecule has 6 aromatic rings. The standard InChI is InChI=1S/C38H38N4O6/c1-5-45-25-48-34-22-35(46-23-27-12-8-6-9-13-27)32(21-31(34)26(2)3)36-39-42(38(44)47-24-28-14-10-7-11-15-28)37(43)41(36)30-16-17-33-29(20-30)18-19-40(33)4/h6-22,26H,5,23-25H2,1-4H3.